The highest BCUT2D eigenvalue weighted by molar-refractivity contribution is 6.99. The molecule has 0 radical (unpaired) electrons. The standard InChI is InChI=1S/C34H52O3Si2/c1-26-24-31(37-38(10,11)32(2,3)4)30(34(8,9)29(26)22-23-35)25-36-39(33(5,6)7,27-18-14-12-15-19-27)28-20-16-13-17-21-28/h12-21,23,29-31H,1,22,24-25H2,2-11H3/t29-,30+,31-/m0/s1. The van der Waals surface area contributed by atoms with Gasteiger partial charge >= 0.3 is 0 Å². The van der Waals surface area contributed by atoms with Crippen LogP contribution in [0.1, 0.15) is 68.2 Å². The number of aldehydes is 1. The van der Waals surface area contributed by atoms with Crippen LogP contribution in [0.25, 0.3) is 0 Å². The van der Waals surface area contributed by atoms with Crippen LogP contribution in [0.2, 0.25) is 23.2 Å². The van der Waals surface area contributed by atoms with Crippen LogP contribution in [0.5, 0.6) is 0 Å². The van der Waals surface area contributed by atoms with E-state index in [2.05, 4.69) is 136 Å². The number of benzene rings is 2. The van der Waals surface area contributed by atoms with Crippen LogP contribution in [0, 0.1) is 17.3 Å². The van der Waals surface area contributed by atoms with Gasteiger partial charge in [-0.05, 0) is 51.3 Å². The summed E-state index contributed by atoms with van der Waals surface area (Å²) in [6, 6.07) is 21.7. The Bertz CT molecular complexity index is 1070. The summed E-state index contributed by atoms with van der Waals surface area (Å²) in [5.74, 6) is 0.241. The number of hydrogen-bond donors (Lipinski definition) is 0. The molecular weight excluding hydrogens is 513 g/mol. The normalized spacial score (nSPS) is 22.5. The molecule has 0 unspecified atom stereocenters. The monoisotopic (exact) mass is 564 g/mol. The van der Waals surface area contributed by atoms with Crippen LogP contribution >= 0.6 is 0 Å². The third-order valence-electron chi connectivity index (χ3n) is 9.74. The maximum absolute atomic E-state index is 11.8. The summed E-state index contributed by atoms with van der Waals surface area (Å²) in [6.45, 7) is 28.2. The predicted molar refractivity (Wildman–Crippen MR) is 171 cm³/mol. The van der Waals surface area contributed by atoms with Crippen LogP contribution in [-0.2, 0) is 13.6 Å². The van der Waals surface area contributed by atoms with Gasteiger partial charge in [0.15, 0.2) is 8.32 Å². The van der Waals surface area contributed by atoms with Crippen LogP contribution < -0.4 is 10.4 Å². The van der Waals surface area contributed by atoms with Crippen LogP contribution in [0.3, 0.4) is 0 Å². The lowest BCUT2D eigenvalue weighted by Crippen LogP contribution is -2.67. The number of rotatable bonds is 9. The van der Waals surface area contributed by atoms with Gasteiger partial charge in [-0.1, -0.05) is 128 Å². The van der Waals surface area contributed by atoms with E-state index in [0.717, 1.165) is 18.3 Å². The molecule has 1 saturated carbocycles. The van der Waals surface area contributed by atoms with E-state index in [4.69, 9.17) is 8.85 Å². The maximum Gasteiger partial charge on any atom is 0.261 e. The molecule has 0 spiro atoms. The van der Waals surface area contributed by atoms with Gasteiger partial charge in [0.2, 0.25) is 0 Å². The molecule has 3 atom stereocenters. The zero-order chi connectivity index (χ0) is 29.3. The lowest BCUT2D eigenvalue weighted by molar-refractivity contribution is -0.111. The molecule has 39 heavy (non-hydrogen) atoms. The molecule has 214 valence electrons. The summed E-state index contributed by atoms with van der Waals surface area (Å²) >= 11 is 0. The van der Waals surface area contributed by atoms with E-state index in [9.17, 15) is 4.79 Å². The van der Waals surface area contributed by atoms with Gasteiger partial charge in [-0.25, -0.2) is 0 Å². The Hall–Kier alpha value is -1.80. The Balaban J connectivity index is 2.14. The van der Waals surface area contributed by atoms with Crippen molar-refractivity contribution in [2.75, 3.05) is 6.61 Å². The second-order valence-corrected chi connectivity index (χ2v) is 23.7. The minimum atomic E-state index is -2.71. The molecule has 2 aromatic rings. The third-order valence-corrected chi connectivity index (χ3v) is 19.2. The first-order chi connectivity index (χ1) is 18.0. The van der Waals surface area contributed by atoms with Crippen LogP contribution in [-0.4, -0.2) is 35.6 Å². The van der Waals surface area contributed by atoms with Crippen molar-refractivity contribution >= 4 is 33.3 Å². The van der Waals surface area contributed by atoms with Crippen molar-refractivity contribution in [1.82, 2.24) is 0 Å². The molecule has 3 nitrogen and oxygen atoms in total. The minimum Gasteiger partial charge on any atom is -0.413 e. The fourth-order valence-electron chi connectivity index (χ4n) is 6.35. The predicted octanol–water partition coefficient (Wildman–Crippen LogP) is 7.76. The highest BCUT2D eigenvalue weighted by Crippen LogP contribution is 2.52. The summed E-state index contributed by atoms with van der Waals surface area (Å²) in [4.78, 5) is 11.8. The van der Waals surface area contributed by atoms with Crippen LogP contribution in [0.15, 0.2) is 72.8 Å². The highest BCUT2D eigenvalue weighted by atomic mass is 28.4. The van der Waals surface area contributed by atoms with Gasteiger partial charge in [0.1, 0.15) is 6.29 Å². The summed E-state index contributed by atoms with van der Waals surface area (Å²) in [7, 11) is -4.78. The molecule has 3 rings (SSSR count). The SMILES string of the molecule is C=C1C[C@H](O[Si](C)(C)C(C)(C)C)[C@@H](CO[Si](c2ccccc2)(c2ccccc2)C(C)(C)C)C(C)(C)[C@H]1CC=O. The zero-order valence-corrected chi connectivity index (χ0v) is 28.1. The van der Waals surface area contributed by atoms with Crippen LogP contribution in [0.4, 0.5) is 0 Å². The molecule has 1 aliphatic rings. The van der Waals surface area contributed by atoms with E-state index < -0.39 is 16.6 Å². The summed E-state index contributed by atoms with van der Waals surface area (Å²) in [5, 5.41) is 2.57. The molecule has 2 aromatic carbocycles. The molecular formula is C34H52O3Si2. The topological polar surface area (TPSA) is 35.5 Å². The molecule has 0 saturated heterocycles. The van der Waals surface area contributed by atoms with Gasteiger partial charge in [0, 0.05) is 18.9 Å². The Kier molecular flexibility index (Phi) is 9.43. The fourth-order valence-corrected chi connectivity index (χ4v) is 12.3. The van der Waals surface area contributed by atoms with E-state index in [1.807, 2.05) is 0 Å². The molecule has 0 amide bonds. The molecule has 1 aliphatic carbocycles. The number of carbonyl (C=O) groups is 1. The second kappa shape index (κ2) is 11.6. The fraction of sp³-hybridized carbons (Fsp3) is 0.559. The largest absolute Gasteiger partial charge is 0.413 e. The van der Waals surface area contributed by atoms with Gasteiger partial charge in [-0.15, -0.1) is 0 Å². The first-order valence-corrected chi connectivity index (χ1v) is 19.3. The molecule has 0 aromatic heterocycles. The second-order valence-electron chi connectivity index (χ2n) is 14.6. The van der Waals surface area contributed by atoms with Crippen molar-refractivity contribution < 1.29 is 13.6 Å². The number of carbonyl (C=O) groups excluding carboxylic acids is 1. The quantitative estimate of drug-likeness (QED) is 0.177. The minimum absolute atomic E-state index is 0.00880. The van der Waals surface area contributed by atoms with Gasteiger partial charge in [0.25, 0.3) is 8.32 Å². The van der Waals surface area contributed by atoms with Gasteiger partial charge in [-0.3, -0.25) is 0 Å². The van der Waals surface area contributed by atoms with Gasteiger partial charge < -0.3 is 13.6 Å². The molecule has 0 bridgehead atoms. The molecule has 5 heteroatoms. The lowest BCUT2D eigenvalue weighted by atomic mass is 9.59. The number of hydrogen-bond acceptors (Lipinski definition) is 3. The molecule has 0 aliphatic heterocycles. The summed E-state index contributed by atoms with van der Waals surface area (Å²) in [6.07, 6.45) is 2.35. The van der Waals surface area contributed by atoms with Gasteiger partial charge in [-0.2, -0.15) is 0 Å². The maximum atomic E-state index is 11.8. The van der Waals surface area contributed by atoms with Crippen molar-refractivity contribution in [2.45, 2.75) is 97.5 Å². The first-order valence-electron chi connectivity index (χ1n) is 14.5. The molecule has 0 heterocycles. The third kappa shape index (κ3) is 6.27. The van der Waals surface area contributed by atoms with Crippen molar-refractivity contribution in [1.29, 1.82) is 0 Å². The lowest BCUT2D eigenvalue weighted by Gasteiger charge is -2.54. The first kappa shape index (κ1) is 31.7. The Morgan fingerprint density at radius 2 is 1.38 bits per heavy atom. The van der Waals surface area contributed by atoms with E-state index in [-0.39, 0.29) is 33.4 Å². The summed E-state index contributed by atoms with van der Waals surface area (Å²) in [5.41, 5.74) is 0.937. The van der Waals surface area contributed by atoms with E-state index >= 15 is 0 Å². The van der Waals surface area contributed by atoms with E-state index in [1.54, 1.807) is 0 Å². The average Bonchev–Trinajstić information content (AvgIpc) is 2.83. The van der Waals surface area contributed by atoms with Gasteiger partial charge in [0.05, 0.1) is 6.10 Å². The molecule has 0 N–H and O–H groups in total. The highest BCUT2D eigenvalue weighted by Gasteiger charge is 2.54. The van der Waals surface area contributed by atoms with Crippen molar-refractivity contribution in [3.63, 3.8) is 0 Å². The summed E-state index contributed by atoms with van der Waals surface area (Å²) < 4.78 is 14.7. The Labute approximate surface area is 240 Å². The van der Waals surface area contributed by atoms with Crippen molar-refractivity contribution in [3.05, 3.63) is 72.8 Å². The Morgan fingerprint density at radius 3 is 1.79 bits per heavy atom. The van der Waals surface area contributed by atoms with Crippen molar-refractivity contribution in [2.24, 2.45) is 17.3 Å². The van der Waals surface area contributed by atoms with Crippen molar-refractivity contribution in [3.8, 4) is 0 Å². The van der Waals surface area contributed by atoms with E-state index in [0.29, 0.717) is 13.0 Å². The smallest absolute Gasteiger partial charge is 0.261 e. The Morgan fingerprint density at radius 1 is 0.897 bits per heavy atom. The van der Waals surface area contributed by atoms with E-state index in [1.165, 1.54) is 10.4 Å². The average molecular weight is 565 g/mol. The molecule has 1 fully saturated rings. The zero-order valence-electron chi connectivity index (χ0n) is 26.1.